The molecule has 0 saturated carbocycles. The number of carbonyl (C=O) groups excluding carboxylic acids is 1. The number of aryl methyl sites for hydroxylation is 2. The van der Waals surface area contributed by atoms with Crippen LogP contribution in [0.5, 0.6) is 0 Å². The Hall–Kier alpha value is -3.54. The Kier molecular flexibility index (Phi) is 4.38. The Morgan fingerprint density at radius 3 is 2.78 bits per heavy atom. The second kappa shape index (κ2) is 6.99. The molecule has 6 nitrogen and oxygen atoms in total. The van der Waals surface area contributed by atoms with Crippen molar-refractivity contribution in [1.82, 2.24) is 25.1 Å². The first-order valence-electron chi connectivity index (χ1n) is 8.69. The largest absolute Gasteiger partial charge is 0.348 e. The number of hydrogen-bond acceptors (Lipinski definition) is 4. The van der Waals surface area contributed by atoms with Gasteiger partial charge in [-0.05, 0) is 37.3 Å². The van der Waals surface area contributed by atoms with Gasteiger partial charge in [-0.1, -0.05) is 17.7 Å². The first kappa shape index (κ1) is 16.9. The van der Waals surface area contributed by atoms with Crippen LogP contribution in [0.3, 0.4) is 0 Å². The van der Waals surface area contributed by atoms with Crippen molar-refractivity contribution in [1.29, 1.82) is 0 Å². The van der Waals surface area contributed by atoms with E-state index in [1.807, 2.05) is 62.6 Å². The van der Waals surface area contributed by atoms with Crippen LogP contribution in [-0.4, -0.2) is 25.7 Å². The third-order valence-corrected chi connectivity index (χ3v) is 4.35. The van der Waals surface area contributed by atoms with Crippen LogP contribution < -0.4 is 5.32 Å². The average molecular weight is 357 g/mol. The normalized spacial score (nSPS) is 10.9. The van der Waals surface area contributed by atoms with Crippen molar-refractivity contribution < 1.29 is 4.79 Å². The number of carbonyl (C=O) groups is 1. The molecule has 0 saturated heterocycles. The van der Waals surface area contributed by atoms with Crippen LogP contribution in [0, 0.1) is 6.92 Å². The van der Waals surface area contributed by atoms with Gasteiger partial charge in [0.05, 0.1) is 28.7 Å². The molecule has 4 aromatic rings. The predicted molar refractivity (Wildman–Crippen MR) is 104 cm³/mol. The Labute approximate surface area is 156 Å². The summed E-state index contributed by atoms with van der Waals surface area (Å²) in [5, 5.41) is 7.94. The van der Waals surface area contributed by atoms with Crippen LogP contribution in [-0.2, 0) is 13.6 Å². The molecule has 3 heterocycles. The van der Waals surface area contributed by atoms with Gasteiger partial charge < -0.3 is 5.32 Å². The Balaban J connectivity index is 1.74. The molecule has 0 aliphatic rings. The number of pyridine rings is 2. The maximum Gasteiger partial charge on any atom is 0.252 e. The molecule has 134 valence electrons. The molecule has 3 aromatic heterocycles. The lowest BCUT2D eigenvalue weighted by molar-refractivity contribution is 0.0952. The van der Waals surface area contributed by atoms with Gasteiger partial charge in [0.1, 0.15) is 0 Å². The summed E-state index contributed by atoms with van der Waals surface area (Å²) in [6, 6.07) is 13.4. The lowest BCUT2D eigenvalue weighted by Crippen LogP contribution is -2.23. The zero-order valence-corrected chi connectivity index (χ0v) is 15.2. The highest BCUT2D eigenvalue weighted by Crippen LogP contribution is 2.24. The molecule has 0 bridgehead atoms. The molecule has 0 unspecified atom stereocenters. The summed E-state index contributed by atoms with van der Waals surface area (Å²) >= 11 is 0. The number of amides is 1. The lowest BCUT2D eigenvalue weighted by atomic mass is 10.0. The maximum absolute atomic E-state index is 12.9. The Morgan fingerprint density at radius 2 is 2.04 bits per heavy atom. The van der Waals surface area contributed by atoms with Crippen molar-refractivity contribution in [3.63, 3.8) is 0 Å². The third-order valence-electron chi connectivity index (χ3n) is 4.35. The van der Waals surface area contributed by atoms with Gasteiger partial charge in [0.15, 0.2) is 0 Å². The molecule has 4 rings (SSSR count). The van der Waals surface area contributed by atoms with Gasteiger partial charge in [0.2, 0.25) is 0 Å². The van der Waals surface area contributed by atoms with Crippen LogP contribution >= 0.6 is 0 Å². The van der Waals surface area contributed by atoms with E-state index < -0.39 is 0 Å². The lowest BCUT2D eigenvalue weighted by Gasteiger charge is -2.10. The summed E-state index contributed by atoms with van der Waals surface area (Å²) in [5.41, 5.74) is 4.81. The maximum atomic E-state index is 12.9. The number of nitrogens with zero attached hydrogens (tertiary/aromatic N) is 4. The molecule has 0 spiro atoms. The molecule has 1 N–H and O–H groups in total. The van der Waals surface area contributed by atoms with Crippen LogP contribution in [0.2, 0.25) is 0 Å². The summed E-state index contributed by atoms with van der Waals surface area (Å²) in [7, 11) is 1.85. The van der Waals surface area contributed by atoms with E-state index in [2.05, 4.69) is 15.4 Å². The van der Waals surface area contributed by atoms with E-state index in [0.29, 0.717) is 17.8 Å². The molecule has 0 radical (unpaired) electrons. The quantitative estimate of drug-likeness (QED) is 0.608. The van der Waals surface area contributed by atoms with E-state index in [-0.39, 0.29) is 5.91 Å². The van der Waals surface area contributed by atoms with Gasteiger partial charge in [-0.3, -0.25) is 14.5 Å². The minimum atomic E-state index is -0.144. The monoisotopic (exact) mass is 357 g/mol. The first-order chi connectivity index (χ1) is 13.1. The van der Waals surface area contributed by atoms with Crippen molar-refractivity contribution in [3.05, 3.63) is 77.7 Å². The van der Waals surface area contributed by atoms with E-state index in [1.165, 1.54) is 0 Å². The number of rotatable bonds is 4. The van der Waals surface area contributed by atoms with E-state index in [4.69, 9.17) is 4.98 Å². The number of benzene rings is 1. The summed E-state index contributed by atoms with van der Waals surface area (Å²) in [6.07, 6.45) is 5.35. The van der Waals surface area contributed by atoms with Crippen molar-refractivity contribution in [2.75, 3.05) is 0 Å². The standard InChI is InChI=1S/C21H19N5O/c1-14-6-7-18-16(9-14)17(10-20(25-18)19-5-3-4-8-22-19)21(27)23-11-15-12-24-26(2)13-15/h3-10,12-13H,11H2,1-2H3,(H,23,27). The molecule has 0 aliphatic heterocycles. The Morgan fingerprint density at radius 1 is 1.15 bits per heavy atom. The topological polar surface area (TPSA) is 72.7 Å². The summed E-state index contributed by atoms with van der Waals surface area (Å²) in [4.78, 5) is 22.0. The fourth-order valence-corrected chi connectivity index (χ4v) is 3.01. The Bertz CT molecular complexity index is 1120. The molecule has 6 heteroatoms. The second-order valence-corrected chi connectivity index (χ2v) is 6.50. The molecule has 0 atom stereocenters. The minimum absolute atomic E-state index is 0.144. The van der Waals surface area contributed by atoms with E-state index in [1.54, 1.807) is 17.1 Å². The zero-order valence-electron chi connectivity index (χ0n) is 15.2. The number of nitrogens with one attached hydrogen (secondary N) is 1. The average Bonchev–Trinajstić information content (AvgIpc) is 3.11. The molecule has 1 aromatic carbocycles. The van der Waals surface area contributed by atoms with Crippen molar-refractivity contribution in [2.24, 2.45) is 7.05 Å². The smallest absolute Gasteiger partial charge is 0.252 e. The molecular formula is C21H19N5O. The molecule has 0 fully saturated rings. The van der Waals surface area contributed by atoms with E-state index in [9.17, 15) is 4.79 Å². The van der Waals surface area contributed by atoms with Gasteiger partial charge in [0, 0.05) is 36.9 Å². The fraction of sp³-hybridized carbons (Fsp3) is 0.143. The minimum Gasteiger partial charge on any atom is -0.348 e. The van der Waals surface area contributed by atoms with E-state index >= 15 is 0 Å². The van der Waals surface area contributed by atoms with Crippen LogP contribution in [0.15, 0.2) is 61.1 Å². The molecule has 27 heavy (non-hydrogen) atoms. The predicted octanol–water partition coefficient (Wildman–Crippen LogP) is 3.27. The molecule has 0 aliphatic carbocycles. The number of hydrogen-bond donors (Lipinski definition) is 1. The van der Waals surface area contributed by atoms with E-state index in [0.717, 1.165) is 27.7 Å². The summed E-state index contributed by atoms with van der Waals surface area (Å²) in [5.74, 6) is -0.144. The van der Waals surface area contributed by atoms with Gasteiger partial charge in [0.25, 0.3) is 5.91 Å². The second-order valence-electron chi connectivity index (χ2n) is 6.50. The summed E-state index contributed by atoms with van der Waals surface area (Å²) in [6.45, 7) is 2.42. The number of aromatic nitrogens is 4. The summed E-state index contributed by atoms with van der Waals surface area (Å²) < 4.78 is 1.71. The first-order valence-corrected chi connectivity index (χ1v) is 8.69. The van der Waals surface area contributed by atoms with Gasteiger partial charge in [-0.15, -0.1) is 0 Å². The van der Waals surface area contributed by atoms with Gasteiger partial charge in [-0.25, -0.2) is 4.98 Å². The highest BCUT2D eigenvalue weighted by Gasteiger charge is 2.15. The zero-order chi connectivity index (χ0) is 18.8. The van der Waals surface area contributed by atoms with Crippen molar-refractivity contribution in [2.45, 2.75) is 13.5 Å². The van der Waals surface area contributed by atoms with Crippen LogP contribution in [0.25, 0.3) is 22.3 Å². The molecule has 1 amide bonds. The van der Waals surface area contributed by atoms with Gasteiger partial charge >= 0.3 is 0 Å². The third kappa shape index (κ3) is 3.55. The molecular weight excluding hydrogens is 338 g/mol. The SMILES string of the molecule is Cc1ccc2nc(-c3ccccn3)cc(C(=O)NCc3cnn(C)c3)c2c1. The van der Waals surface area contributed by atoms with Crippen LogP contribution in [0.1, 0.15) is 21.5 Å². The van der Waals surface area contributed by atoms with Crippen molar-refractivity contribution in [3.8, 4) is 11.4 Å². The number of fused-ring (bicyclic) bond motifs is 1. The van der Waals surface area contributed by atoms with Gasteiger partial charge in [-0.2, -0.15) is 5.10 Å². The highest BCUT2D eigenvalue weighted by atomic mass is 16.1. The van der Waals surface area contributed by atoms with Crippen molar-refractivity contribution >= 4 is 16.8 Å². The van der Waals surface area contributed by atoms with Crippen LogP contribution in [0.4, 0.5) is 0 Å². The highest BCUT2D eigenvalue weighted by molar-refractivity contribution is 6.07. The fourth-order valence-electron chi connectivity index (χ4n) is 3.01.